The third-order valence-electron chi connectivity index (χ3n) is 2.94. The fourth-order valence-electron chi connectivity index (χ4n) is 2.25. The molecule has 0 spiro atoms. The third kappa shape index (κ3) is 1.55. The summed E-state index contributed by atoms with van der Waals surface area (Å²) in [5.74, 6) is 0. The highest BCUT2D eigenvalue weighted by molar-refractivity contribution is 7.16. The zero-order valence-corrected chi connectivity index (χ0v) is 10.1. The molecule has 0 aromatic carbocycles. The number of hydrogen-bond donors (Lipinski definition) is 1. The van der Waals surface area contributed by atoms with Gasteiger partial charge in [-0.3, -0.25) is 4.68 Å². The van der Waals surface area contributed by atoms with Crippen LogP contribution in [-0.4, -0.2) is 30.0 Å². The zero-order chi connectivity index (χ0) is 11.0. The van der Waals surface area contributed by atoms with Gasteiger partial charge in [0, 0.05) is 25.1 Å². The Morgan fingerprint density at radius 1 is 1.69 bits per heavy atom. The number of nitrogens with zero attached hydrogens (tertiary/aromatic N) is 2. The Kier molecular flexibility index (Phi) is 2.67. The van der Waals surface area contributed by atoms with Crippen molar-refractivity contribution in [3.63, 3.8) is 0 Å². The van der Waals surface area contributed by atoms with Crippen molar-refractivity contribution in [3.8, 4) is 0 Å². The van der Waals surface area contributed by atoms with Gasteiger partial charge in [0.25, 0.3) is 0 Å². The SMILES string of the molecule is CNC[C@@H]1OCCCn2nc3sccc3c21. The van der Waals surface area contributed by atoms with Gasteiger partial charge in [-0.2, -0.15) is 5.10 Å². The predicted molar refractivity (Wildman–Crippen MR) is 64.8 cm³/mol. The van der Waals surface area contributed by atoms with E-state index >= 15 is 0 Å². The van der Waals surface area contributed by atoms with Gasteiger partial charge < -0.3 is 10.1 Å². The fourth-order valence-corrected chi connectivity index (χ4v) is 3.02. The molecule has 0 bridgehead atoms. The summed E-state index contributed by atoms with van der Waals surface area (Å²) in [6, 6.07) is 2.15. The van der Waals surface area contributed by atoms with Crippen molar-refractivity contribution in [1.29, 1.82) is 0 Å². The number of rotatable bonds is 2. The predicted octanol–water partition coefficient (Wildman–Crippen LogP) is 1.78. The average molecular weight is 237 g/mol. The van der Waals surface area contributed by atoms with Crippen LogP contribution in [0.4, 0.5) is 0 Å². The molecule has 0 radical (unpaired) electrons. The summed E-state index contributed by atoms with van der Waals surface area (Å²) in [6.45, 7) is 2.63. The highest BCUT2D eigenvalue weighted by atomic mass is 32.1. The zero-order valence-electron chi connectivity index (χ0n) is 9.27. The monoisotopic (exact) mass is 237 g/mol. The molecular formula is C11H15N3OS. The first-order valence-corrected chi connectivity index (χ1v) is 6.48. The molecule has 1 aliphatic heterocycles. The minimum absolute atomic E-state index is 0.132. The van der Waals surface area contributed by atoms with Crippen LogP contribution in [0.25, 0.3) is 10.2 Å². The summed E-state index contributed by atoms with van der Waals surface area (Å²) >= 11 is 1.70. The highest BCUT2D eigenvalue weighted by Crippen LogP contribution is 2.31. The molecule has 2 aromatic rings. The lowest BCUT2D eigenvalue weighted by Gasteiger charge is -2.15. The summed E-state index contributed by atoms with van der Waals surface area (Å²) < 4.78 is 8.01. The van der Waals surface area contributed by atoms with Crippen molar-refractivity contribution in [2.75, 3.05) is 20.2 Å². The highest BCUT2D eigenvalue weighted by Gasteiger charge is 2.23. The van der Waals surface area contributed by atoms with Crippen LogP contribution < -0.4 is 5.32 Å². The van der Waals surface area contributed by atoms with E-state index < -0.39 is 0 Å². The van der Waals surface area contributed by atoms with Crippen LogP contribution >= 0.6 is 11.3 Å². The maximum absolute atomic E-state index is 5.89. The summed E-state index contributed by atoms with van der Waals surface area (Å²) in [5.41, 5.74) is 1.24. The summed E-state index contributed by atoms with van der Waals surface area (Å²) in [6.07, 6.45) is 1.18. The van der Waals surface area contributed by atoms with Crippen molar-refractivity contribution in [2.45, 2.75) is 19.1 Å². The van der Waals surface area contributed by atoms with Crippen LogP contribution in [0.1, 0.15) is 18.2 Å². The van der Waals surface area contributed by atoms with Crippen molar-refractivity contribution < 1.29 is 4.74 Å². The van der Waals surface area contributed by atoms with Gasteiger partial charge in [0.05, 0.1) is 5.69 Å². The molecule has 0 saturated carbocycles. The molecule has 16 heavy (non-hydrogen) atoms. The van der Waals surface area contributed by atoms with Crippen molar-refractivity contribution >= 4 is 21.6 Å². The van der Waals surface area contributed by atoms with Crippen LogP contribution in [0.5, 0.6) is 0 Å². The molecule has 0 saturated heterocycles. The number of ether oxygens (including phenoxy) is 1. The van der Waals surface area contributed by atoms with Gasteiger partial charge in [-0.1, -0.05) is 0 Å². The minimum Gasteiger partial charge on any atom is -0.370 e. The van der Waals surface area contributed by atoms with E-state index in [1.807, 2.05) is 7.05 Å². The minimum atomic E-state index is 0.132. The maximum atomic E-state index is 5.89. The quantitative estimate of drug-likeness (QED) is 0.865. The molecule has 4 nitrogen and oxygen atoms in total. The first kappa shape index (κ1) is 10.3. The standard InChI is InChI=1S/C11H15N3OS/c1-12-7-9-10-8-3-6-16-11(8)13-14(10)4-2-5-15-9/h3,6,9,12H,2,4-5,7H2,1H3/t9-/m0/s1. The van der Waals surface area contributed by atoms with E-state index in [1.54, 1.807) is 11.3 Å². The van der Waals surface area contributed by atoms with Crippen molar-refractivity contribution in [2.24, 2.45) is 0 Å². The molecule has 0 aliphatic carbocycles. The summed E-state index contributed by atoms with van der Waals surface area (Å²) in [7, 11) is 1.96. The number of fused-ring (bicyclic) bond motifs is 3. The second-order valence-electron chi connectivity index (χ2n) is 4.02. The molecule has 2 aromatic heterocycles. The normalized spacial score (nSPS) is 20.9. The second kappa shape index (κ2) is 4.16. The lowest BCUT2D eigenvalue weighted by atomic mass is 10.2. The largest absolute Gasteiger partial charge is 0.370 e. The van der Waals surface area contributed by atoms with Gasteiger partial charge in [-0.25, -0.2) is 0 Å². The number of thiophene rings is 1. The van der Waals surface area contributed by atoms with Crippen LogP contribution in [0, 0.1) is 0 Å². The lowest BCUT2D eigenvalue weighted by Crippen LogP contribution is -2.20. The first-order chi connectivity index (χ1) is 7.90. The fraction of sp³-hybridized carbons (Fsp3) is 0.545. The third-order valence-corrected chi connectivity index (χ3v) is 3.74. The second-order valence-corrected chi connectivity index (χ2v) is 4.91. The number of hydrogen-bond acceptors (Lipinski definition) is 4. The van der Waals surface area contributed by atoms with E-state index in [9.17, 15) is 0 Å². The van der Waals surface area contributed by atoms with Crippen LogP contribution in [-0.2, 0) is 11.3 Å². The Morgan fingerprint density at radius 2 is 2.62 bits per heavy atom. The Bertz CT molecular complexity index is 490. The van der Waals surface area contributed by atoms with Gasteiger partial charge in [-0.15, -0.1) is 11.3 Å². The van der Waals surface area contributed by atoms with E-state index in [0.29, 0.717) is 0 Å². The van der Waals surface area contributed by atoms with Crippen LogP contribution in [0.2, 0.25) is 0 Å². The van der Waals surface area contributed by atoms with Gasteiger partial charge >= 0.3 is 0 Å². The van der Waals surface area contributed by atoms with Gasteiger partial charge in [0.15, 0.2) is 0 Å². The smallest absolute Gasteiger partial charge is 0.145 e. The Morgan fingerprint density at radius 3 is 3.50 bits per heavy atom. The Labute approximate surface area is 98.2 Å². The maximum Gasteiger partial charge on any atom is 0.145 e. The van der Waals surface area contributed by atoms with Crippen LogP contribution in [0.3, 0.4) is 0 Å². The molecule has 0 unspecified atom stereocenters. The molecule has 0 amide bonds. The van der Waals surface area contributed by atoms with Crippen LogP contribution in [0.15, 0.2) is 11.4 Å². The van der Waals surface area contributed by atoms with Gasteiger partial charge in [-0.05, 0) is 24.9 Å². The molecule has 5 heteroatoms. The van der Waals surface area contributed by atoms with Gasteiger partial charge in [0.1, 0.15) is 10.9 Å². The molecule has 1 aliphatic rings. The van der Waals surface area contributed by atoms with E-state index in [1.165, 1.54) is 11.1 Å². The summed E-state index contributed by atoms with van der Waals surface area (Å²) in [5, 5.41) is 11.2. The first-order valence-electron chi connectivity index (χ1n) is 5.60. The molecular weight excluding hydrogens is 222 g/mol. The number of aryl methyl sites for hydroxylation is 1. The Hall–Kier alpha value is -0.910. The van der Waals surface area contributed by atoms with E-state index in [4.69, 9.17) is 4.74 Å². The molecule has 0 fully saturated rings. The number of nitrogens with one attached hydrogen (secondary N) is 1. The number of aromatic nitrogens is 2. The molecule has 3 heterocycles. The van der Waals surface area contributed by atoms with E-state index in [-0.39, 0.29) is 6.10 Å². The topological polar surface area (TPSA) is 39.1 Å². The van der Waals surface area contributed by atoms with Gasteiger partial charge in [0.2, 0.25) is 0 Å². The lowest BCUT2D eigenvalue weighted by molar-refractivity contribution is 0.0581. The average Bonchev–Trinajstić information content (AvgIpc) is 2.78. The molecule has 1 atom stereocenters. The summed E-state index contributed by atoms with van der Waals surface area (Å²) in [4.78, 5) is 1.13. The Balaban J connectivity index is 2.11. The molecule has 86 valence electrons. The van der Waals surface area contributed by atoms with E-state index in [2.05, 4.69) is 26.5 Å². The van der Waals surface area contributed by atoms with Crippen molar-refractivity contribution in [3.05, 3.63) is 17.1 Å². The number of likely N-dealkylation sites (N-methyl/N-ethyl adjacent to an activating group) is 1. The molecule has 3 rings (SSSR count). The molecule has 1 N–H and O–H groups in total. The van der Waals surface area contributed by atoms with E-state index in [0.717, 1.165) is 30.9 Å². The van der Waals surface area contributed by atoms with Crippen molar-refractivity contribution in [1.82, 2.24) is 15.1 Å².